The van der Waals surface area contributed by atoms with E-state index in [4.69, 9.17) is 4.74 Å². The van der Waals surface area contributed by atoms with Gasteiger partial charge in [0.2, 0.25) is 5.88 Å². The van der Waals surface area contributed by atoms with Crippen LogP contribution in [0.15, 0.2) is 54.9 Å². The number of ether oxygens (including phenoxy) is 1. The summed E-state index contributed by atoms with van der Waals surface area (Å²) >= 11 is 0. The standard InChI is InChI=1S/C23H24N4O/c1-3-4-5-9-18-17-8-6-7-10-20(17)25-22(18)19-15-21(26-27-23(19)28-2)16-11-13-24-14-12-16/h6-8,10-15,25H,3-5,9H2,1-2H3. The maximum Gasteiger partial charge on any atom is 0.242 e. The number of rotatable bonds is 7. The van der Waals surface area contributed by atoms with E-state index in [1.54, 1.807) is 19.5 Å². The first kappa shape index (κ1) is 18.2. The second kappa shape index (κ2) is 8.21. The zero-order valence-electron chi connectivity index (χ0n) is 16.3. The minimum atomic E-state index is 0.529. The van der Waals surface area contributed by atoms with Gasteiger partial charge in [0, 0.05) is 28.9 Å². The largest absolute Gasteiger partial charge is 0.479 e. The van der Waals surface area contributed by atoms with E-state index in [2.05, 4.69) is 57.4 Å². The van der Waals surface area contributed by atoms with Crippen LogP contribution in [0, 0.1) is 0 Å². The molecule has 5 heteroatoms. The smallest absolute Gasteiger partial charge is 0.242 e. The van der Waals surface area contributed by atoms with E-state index in [0.29, 0.717) is 5.88 Å². The van der Waals surface area contributed by atoms with E-state index in [1.165, 1.54) is 23.8 Å². The summed E-state index contributed by atoms with van der Waals surface area (Å²) in [5.74, 6) is 0.529. The summed E-state index contributed by atoms with van der Waals surface area (Å²) < 4.78 is 5.56. The first-order valence-electron chi connectivity index (χ1n) is 9.74. The van der Waals surface area contributed by atoms with Gasteiger partial charge in [-0.05, 0) is 42.7 Å². The van der Waals surface area contributed by atoms with Crippen LogP contribution in [0.5, 0.6) is 5.88 Å². The number of nitrogens with one attached hydrogen (secondary N) is 1. The van der Waals surface area contributed by atoms with Crippen molar-refractivity contribution in [3.05, 3.63) is 60.4 Å². The van der Waals surface area contributed by atoms with Crippen LogP contribution >= 0.6 is 0 Å². The molecule has 0 unspecified atom stereocenters. The number of pyridine rings is 1. The van der Waals surface area contributed by atoms with E-state index < -0.39 is 0 Å². The number of unbranched alkanes of at least 4 members (excludes halogenated alkanes) is 2. The molecule has 0 bridgehead atoms. The molecule has 4 aromatic rings. The van der Waals surface area contributed by atoms with Gasteiger partial charge in [-0.3, -0.25) is 4.98 Å². The van der Waals surface area contributed by atoms with E-state index in [9.17, 15) is 0 Å². The molecule has 0 fully saturated rings. The van der Waals surface area contributed by atoms with Gasteiger partial charge in [0.25, 0.3) is 0 Å². The highest BCUT2D eigenvalue weighted by Crippen LogP contribution is 2.37. The van der Waals surface area contributed by atoms with Crippen molar-refractivity contribution < 1.29 is 4.74 Å². The number of fused-ring (bicyclic) bond motifs is 1. The van der Waals surface area contributed by atoms with Crippen LogP contribution in [0.1, 0.15) is 31.7 Å². The van der Waals surface area contributed by atoms with Crippen molar-refractivity contribution in [2.45, 2.75) is 32.6 Å². The number of H-pyrrole nitrogens is 1. The lowest BCUT2D eigenvalue weighted by molar-refractivity contribution is 0.394. The molecule has 142 valence electrons. The molecule has 0 amide bonds. The summed E-state index contributed by atoms with van der Waals surface area (Å²) in [6, 6.07) is 14.4. The maximum absolute atomic E-state index is 5.56. The van der Waals surface area contributed by atoms with Crippen LogP contribution in [0.25, 0.3) is 33.4 Å². The summed E-state index contributed by atoms with van der Waals surface area (Å²) in [5.41, 5.74) is 6.24. The van der Waals surface area contributed by atoms with Crippen molar-refractivity contribution in [1.29, 1.82) is 0 Å². The van der Waals surface area contributed by atoms with Crippen LogP contribution in [-0.2, 0) is 6.42 Å². The number of aryl methyl sites for hydroxylation is 1. The molecular formula is C23H24N4O. The lowest BCUT2D eigenvalue weighted by atomic mass is 9.99. The molecule has 0 spiro atoms. The van der Waals surface area contributed by atoms with Crippen molar-refractivity contribution in [3.63, 3.8) is 0 Å². The van der Waals surface area contributed by atoms with Gasteiger partial charge >= 0.3 is 0 Å². The second-order valence-electron chi connectivity index (χ2n) is 6.87. The second-order valence-corrected chi connectivity index (χ2v) is 6.87. The predicted octanol–water partition coefficient (Wildman–Crippen LogP) is 5.43. The first-order valence-corrected chi connectivity index (χ1v) is 9.74. The van der Waals surface area contributed by atoms with Crippen molar-refractivity contribution in [2.75, 3.05) is 7.11 Å². The van der Waals surface area contributed by atoms with Crippen molar-refractivity contribution in [2.24, 2.45) is 0 Å². The summed E-state index contributed by atoms with van der Waals surface area (Å²) in [6.45, 7) is 2.23. The summed E-state index contributed by atoms with van der Waals surface area (Å²) in [7, 11) is 1.64. The predicted molar refractivity (Wildman–Crippen MR) is 112 cm³/mol. The van der Waals surface area contributed by atoms with Gasteiger partial charge in [-0.15, -0.1) is 10.2 Å². The molecule has 28 heavy (non-hydrogen) atoms. The number of benzene rings is 1. The van der Waals surface area contributed by atoms with Gasteiger partial charge in [0.05, 0.1) is 24.1 Å². The zero-order chi connectivity index (χ0) is 19.3. The van der Waals surface area contributed by atoms with Crippen molar-refractivity contribution >= 4 is 10.9 Å². The van der Waals surface area contributed by atoms with Crippen LogP contribution in [-0.4, -0.2) is 27.3 Å². The molecule has 3 aromatic heterocycles. The monoisotopic (exact) mass is 372 g/mol. The van der Waals surface area contributed by atoms with Crippen LogP contribution < -0.4 is 4.74 Å². The number of para-hydroxylation sites is 1. The Balaban J connectivity index is 1.87. The topological polar surface area (TPSA) is 63.7 Å². The number of methoxy groups -OCH3 is 1. The summed E-state index contributed by atoms with van der Waals surface area (Å²) in [6.07, 6.45) is 8.11. The molecule has 0 aliphatic heterocycles. The lowest BCUT2D eigenvalue weighted by Crippen LogP contribution is -1.98. The minimum absolute atomic E-state index is 0.529. The highest BCUT2D eigenvalue weighted by atomic mass is 16.5. The van der Waals surface area contributed by atoms with Crippen molar-refractivity contribution in [3.8, 4) is 28.4 Å². The average molecular weight is 372 g/mol. The van der Waals surface area contributed by atoms with Gasteiger partial charge < -0.3 is 9.72 Å². The molecule has 0 atom stereocenters. The number of aromatic amines is 1. The van der Waals surface area contributed by atoms with E-state index >= 15 is 0 Å². The maximum atomic E-state index is 5.56. The highest BCUT2D eigenvalue weighted by molar-refractivity contribution is 5.92. The minimum Gasteiger partial charge on any atom is -0.479 e. The lowest BCUT2D eigenvalue weighted by Gasteiger charge is -2.10. The molecule has 5 nitrogen and oxygen atoms in total. The Morgan fingerprint density at radius 2 is 1.82 bits per heavy atom. The summed E-state index contributed by atoms with van der Waals surface area (Å²) in [5, 5.41) is 9.96. The third-order valence-electron chi connectivity index (χ3n) is 5.04. The molecule has 0 aliphatic carbocycles. The molecular weight excluding hydrogens is 348 g/mol. The Morgan fingerprint density at radius 1 is 1.00 bits per heavy atom. The third-order valence-corrected chi connectivity index (χ3v) is 5.04. The van der Waals surface area contributed by atoms with Crippen LogP contribution in [0.3, 0.4) is 0 Å². The number of hydrogen-bond donors (Lipinski definition) is 1. The van der Waals surface area contributed by atoms with Gasteiger partial charge in [-0.2, -0.15) is 0 Å². The van der Waals surface area contributed by atoms with E-state index in [1.807, 2.05) is 12.1 Å². The Kier molecular flexibility index (Phi) is 5.33. The Morgan fingerprint density at radius 3 is 2.61 bits per heavy atom. The summed E-state index contributed by atoms with van der Waals surface area (Å²) in [4.78, 5) is 7.69. The average Bonchev–Trinajstić information content (AvgIpc) is 3.12. The fraction of sp³-hybridized carbons (Fsp3) is 0.261. The number of nitrogens with zero attached hydrogens (tertiary/aromatic N) is 3. The molecule has 0 saturated heterocycles. The molecule has 0 saturated carbocycles. The van der Waals surface area contributed by atoms with E-state index in [0.717, 1.165) is 40.9 Å². The van der Waals surface area contributed by atoms with E-state index in [-0.39, 0.29) is 0 Å². The first-order chi connectivity index (χ1) is 13.8. The molecule has 1 N–H and O–H groups in total. The fourth-order valence-corrected chi connectivity index (χ4v) is 3.62. The highest BCUT2D eigenvalue weighted by Gasteiger charge is 2.18. The molecule has 0 radical (unpaired) electrons. The van der Waals surface area contributed by atoms with Gasteiger partial charge in [-0.25, -0.2) is 0 Å². The normalized spacial score (nSPS) is 11.1. The molecule has 0 aliphatic rings. The quantitative estimate of drug-likeness (QED) is 0.439. The van der Waals surface area contributed by atoms with Gasteiger partial charge in [0.15, 0.2) is 0 Å². The van der Waals surface area contributed by atoms with Gasteiger partial charge in [-0.1, -0.05) is 38.0 Å². The Labute approximate surface area is 164 Å². The number of aromatic nitrogens is 4. The fourth-order valence-electron chi connectivity index (χ4n) is 3.62. The molecule has 3 heterocycles. The molecule has 1 aromatic carbocycles. The third kappa shape index (κ3) is 3.48. The SMILES string of the molecule is CCCCCc1c(-c2cc(-c3ccncc3)nnc2OC)[nH]c2ccccc12. The number of hydrogen-bond acceptors (Lipinski definition) is 4. The van der Waals surface area contributed by atoms with Gasteiger partial charge in [0.1, 0.15) is 0 Å². The van der Waals surface area contributed by atoms with Crippen LogP contribution in [0.2, 0.25) is 0 Å². The Bertz CT molecular complexity index is 1070. The zero-order valence-corrected chi connectivity index (χ0v) is 16.3. The molecule has 4 rings (SSSR count). The Hall–Kier alpha value is -3.21. The van der Waals surface area contributed by atoms with Crippen molar-refractivity contribution in [1.82, 2.24) is 20.2 Å². The van der Waals surface area contributed by atoms with Crippen LogP contribution in [0.4, 0.5) is 0 Å².